The Kier molecular flexibility index (Phi) is 19.8. The molecule has 9 atom stereocenters. The number of carbonyl (C=O) groups is 5. The van der Waals surface area contributed by atoms with Crippen molar-refractivity contribution in [2.24, 2.45) is 23.7 Å². The molecule has 1 saturated heterocycles. The fraction of sp³-hybridized carbons (Fsp3) is 0.725. The van der Waals surface area contributed by atoms with Gasteiger partial charge in [-0.2, -0.15) is 13.2 Å². The number of anilines is 1. The molecule has 0 spiro atoms. The van der Waals surface area contributed by atoms with Gasteiger partial charge in [-0.25, -0.2) is 4.21 Å². The van der Waals surface area contributed by atoms with Crippen LogP contribution >= 0.6 is 0 Å². The number of methoxy groups -OCH3 is 2. The smallest absolute Gasteiger partial charge is 0.379 e. The van der Waals surface area contributed by atoms with Gasteiger partial charge in [0.2, 0.25) is 23.6 Å². The van der Waals surface area contributed by atoms with E-state index in [2.05, 4.69) is 10.0 Å². The molecule has 5 amide bonds. The van der Waals surface area contributed by atoms with Crippen LogP contribution in [0.1, 0.15) is 79.7 Å². The number of likely N-dealkylation sites (N-methyl/N-ethyl adjacent to an activating group) is 2. The lowest BCUT2D eigenvalue weighted by Crippen LogP contribution is -2.59. The van der Waals surface area contributed by atoms with Gasteiger partial charge in [0.05, 0.1) is 48.4 Å². The van der Waals surface area contributed by atoms with Gasteiger partial charge in [0.15, 0.2) is 0 Å². The van der Waals surface area contributed by atoms with Crippen molar-refractivity contribution in [3.63, 3.8) is 0 Å². The molecule has 0 bridgehead atoms. The van der Waals surface area contributed by atoms with E-state index in [4.69, 9.17) is 9.47 Å². The van der Waals surface area contributed by atoms with Gasteiger partial charge in [-0.1, -0.05) is 67.0 Å². The highest BCUT2D eigenvalue weighted by molar-refractivity contribution is 7.82. The number of carbonyl (C=O) groups excluding carboxylic acids is 5. The summed E-state index contributed by atoms with van der Waals surface area (Å²) in [6.45, 7) is 13.7. The highest BCUT2D eigenvalue weighted by Gasteiger charge is 2.43. The second-order valence-corrected chi connectivity index (χ2v) is 17.3. The lowest BCUT2D eigenvalue weighted by Gasteiger charge is -2.41. The molecule has 1 fully saturated rings. The zero-order chi connectivity index (χ0) is 44.2. The number of amides is 5. The van der Waals surface area contributed by atoms with Crippen LogP contribution in [-0.4, -0.2) is 133 Å². The summed E-state index contributed by atoms with van der Waals surface area (Å²) in [6, 6.07) is 2.99. The Labute approximate surface area is 344 Å². The predicted octanol–water partition coefficient (Wildman–Crippen LogP) is 4.11. The van der Waals surface area contributed by atoms with Gasteiger partial charge < -0.3 is 29.9 Å². The number of hydrogen-bond acceptors (Lipinski definition) is 9. The van der Waals surface area contributed by atoms with Crippen molar-refractivity contribution in [3.8, 4) is 0 Å². The molecule has 58 heavy (non-hydrogen) atoms. The Hall–Kier alpha value is -3.61. The molecular formula is C40H65F3N6O8S. The Balaban J connectivity index is 2.19. The van der Waals surface area contributed by atoms with E-state index in [9.17, 15) is 41.4 Å². The molecule has 0 aliphatic carbocycles. The van der Waals surface area contributed by atoms with Gasteiger partial charge in [0.25, 0.3) is 0 Å². The van der Waals surface area contributed by atoms with Crippen molar-refractivity contribution in [1.29, 1.82) is 0 Å². The van der Waals surface area contributed by atoms with E-state index in [1.807, 2.05) is 60.5 Å². The molecule has 0 radical (unpaired) electrons. The van der Waals surface area contributed by atoms with Crippen LogP contribution in [0.15, 0.2) is 24.3 Å². The first-order chi connectivity index (χ1) is 27.0. The monoisotopic (exact) mass is 846 g/mol. The van der Waals surface area contributed by atoms with Crippen LogP contribution in [0.2, 0.25) is 0 Å². The molecule has 1 aromatic rings. The summed E-state index contributed by atoms with van der Waals surface area (Å²) in [5.74, 6) is -4.75. The van der Waals surface area contributed by atoms with E-state index in [1.165, 1.54) is 38.5 Å². The molecule has 1 unspecified atom stereocenters. The van der Waals surface area contributed by atoms with Crippen LogP contribution < -0.4 is 15.4 Å². The summed E-state index contributed by atoms with van der Waals surface area (Å²) >= 11 is 0. The number of halogens is 3. The summed E-state index contributed by atoms with van der Waals surface area (Å²) in [5.41, 5.74) is 0.345. The minimum atomic E-state index is -5.05. The highest BCUT2D eigenvalue weighted by Crippen LogP contribution is 2.30. The third kappa shape index (κ3) is 13.7. The van der Waals surface area contributed by atoms with Crippen LogP contribution in [-0.2, 0) is 50.2 Å². The number of alkyl halides is 3. The first kappa shape index (κ1) is 50.5. The molecule has 14 nitrogen and oxygen atoms in total. The van der Waals surface area contributed by atoms with Crippen LogP contribution in [0.5, 0.6) is 0 Å². The maximum absolute atomic E-state index is 14.2. The third-order valence-corrected chi connectivity index (χ3v) is 12.0. The minimum absolute atomic E-state index is 0.00913. The summed E-state index contributed by atoms with van der Waals surface area (Å²) in [4.78, 5) is 71.4. The van der Waals surface area contributed by atoms with Crippen molar-refractivity contribution in [2.45, 2.75) is 122 Å². The second-order valence-electron chi connectivity index (χ2n) is 16.1. The standard InChI is InChI=1S/C40H65F3N6O8S/c1-13-25(6)34(48(10)38(53)32(23(2)3)45-37(52)33(24(4)5)47(8)9)30(56-11)21-31(50)49-20-14-15-29(49)35(57-12)26(7)36(51)46-58(55)22-27-16-18-28(19-17-27)44-39(54)40(41,42)43/h16-19,23-26,29-30,32-35H,13-15,20-22H2,1-12H3,(H,44,54)(H,45,52)(H,46,51)/t25-,26-,29+,30-,32+,33+,34+,35-,58?/m1/s1. The average Bonchev–Trinajstić information content (AvgIpc) is 3.62. The molecule has 2 rings (SSSR count). The lowest BCUT2D eigenvalue weighted by molar-refractivity contribution is -0.167. The maximum Gasteiger partial charge on any atom is 0.471 e. The van der Waals surface area contributed by atoms with Crippen LogP contribution in [0.3, 0.4) is 0 Å². The van der Waals surface area contributed by atoms with Crippen molar-refractivity contribution < 1.29 is 50.8 Å². The lowest BCUT2D eigenvalue weighted by atomic mass is 9.89. The van der Waals surface area contributed by atoms with Gasteiger partial charge in [-0.05, 0) is 62.4 Å². The first-order valence-electron chi connectivity index (χ1n) is 19.7. The topological polar surface area (TPSA) is 167 Å². The number of nitrogens with one attached hydrogen (secondary N) is 3. The highest BCUT2D eigenvalue weighted by atomic mass is 32.2. The number of nitrogens with zero attached hydrogens (tertiary/aromatic N) is 3. The van der Waals surface area contributed by atoms with E-state index >= 15 is 0 Å². The van der Waals surface area contributed by atoms with E-state index in [0.717, 1.165) is 0 Å². The Morgan fingerprint density at radius 2 is 1.53 bits per heavy atom. The molecule has 18 heteroatoms. The zero-order valence-corrected chi connectivity index (χ0v) is 36.8. The van der Waals surface area contributed by atoms with E-state index in [0.29, 0.717) is 31.4 Å². The van der Waals surface area contributed by atoms with E-state index in [-0.39, 0.29) is 53.3 Å². The van der Waals surface area contributed by atoms with Gasteiger partial charge >= 0.3 is 12.1 Å². The van der Waals surface area contributed by atoms with E-state index in [1.54, 1.807) is 29.1 Å². The van der Waals surface area contributed by atoms with Crippen molar-refractivity contribution in [3.05, 3.63) is 29.8 Å². The van der Waals surface area contributed by atoms with Gasteiger partial charge in [0, 0.05) is 33.5 Å². The molecule has 0 aromatic heterocycles. The number of ether oxygens (including phenoxy) is 2. The molecule has 3 N–H and O–H groups in total. The number of hydrogen-bond donors (Lipinski definition) is 3. The Bertz CT molecular complexity index is 1560. The normalized spacial score (nSPS) is 18.9. The molecule has 330 valence electrons. The summed E-state index contributed by atoms with van der Waals surface area (Å²) in [6.07, 6.45) is -4.69. The summed E-state index contributed by atoms with van der Waals surface area (Å²) in [5, 5.41) is 4.73. The van der Waals surface area contributed by atoms with Gasteiger partial charge in [-0.15, -0.1) is 0 Å². The summed E-state index contributed by atoms with van der Waals surface area (Å²) < 4.78 is 64.9. The third-order valence-electron chi connectivity index (χ3n) is 10.9. The van der Waals surface area contributed by atoms with Crippen LogP contribution in [0.4, 0.5) is 18.9 Å². The molecule has 1 aliphatic rings. The Morgan fingerprint density at radius 1 is 0.931 bits per heavy atom. The molecule has 1 aromatic carbocycles. The molecular weight excluding hydrogens is 782 g/mol. The SMILES string of the molecule is CC[C@@H](C)[C@@H]([C@@H](CC(=O)N1CCC[C@H]1[C@H](OC)[C@@H](C)C(=O)NS(=O)Cc1ccc(NC(=O)C(F)(F)F)cc1)OC)N(C)C(=O)[C@@H](NC(=O)[C@H](C(C)C)N(C)C)C(C)C. The quantitative estimate of drug-likeness (QED) is 0.165. The summed E-state index contributed by atoms with van der Waals surface area (Å²) in [7, 11) is 6.36. The number of likely N-dealkylation sites (tertiary alicyclic amines) is 1. The van der Waals surface area contributed by atoms with E-state index < -0.39 is 71.3 Å². The second kappa shape index (κ2) is 22.7. The molecule has 1 aliphatic heterocycles. The maximum atomic E-state index is 14.2. The Morgan fingerprint density at radius 3 is 2.02 bits per heavy atom. The van der Waals surface area contributed by atoms with Crippen molar-refractivity contribution >= 4 is 46.2 Å². The molecule has 0 saturated carbocycles. The first-order valence-corrected chi connectivity index (χ1v) is 21.1. The van der Waals surface area contributed by atoms with Crippen LogP contribution in [0.25, 0.3) is 0 Å². The average molecular weight is 847 g/mol. The minimum Gasteiger partial charge on any atom is -0.379 e. The largest absolute Gasteiger partial charge is 0.471 e. The number of benzene rings is 1. The van der Waals surface area contributed by atoms with Crippen LogP contribution in [0, 0.1) is 23.7 Å². The number of rotatable bonds is 21. The van der Waals surface area contributed by atoms with Gasteiger partial charge in [0.1, 0.15) is 17.0 Å². The van der Waals surface area contributed by atoms with Crippen molar-refractivity contribution in [1.82, 2.24) is 24.7 Å². The molecule has 1 heterocycles. The zero-order valence-electron chi connectivity index (χ0n) is 36.0. The fourth-order valence-electron chi connectivity index (χ4n) is 7.69. The van der Waals surface area contributed by atoms with Crippen molar-refractivity contribution in [2.75, 3.05) is 47.2 Å². The predicted molar refractivity (Wildman–Crippen MR) is 216 cm³/mol. The van der Waals surface area contributed by atoms with Gasteiger partial charge in [-0.3, -0.25) is 33.6 Å². The fourth-order valence-corrected chi connectivity index (χ4v) is 8.67.